The predicted molar refractivity (Wildman–Crippen MR) is 79.2 cm³/mol. The number of aromatic nitrogens is 1. The van der Waals surface area contributed by atoms with Gasteiger partial charge in [0.05, 0.1) is 0 Å². The summed E-state index contributed by atoms with van der Waals surface area (Å²) in [4.78, 5) is 5.49. The quantitative estimate of drug-likeness (QED) is 0.868. The molecule has 0 saturated carbocycles. The van der Waals surface area contributed by atoms with Gasteiger partial charge in [0.2, 0.25) is 0 Å². The van der Waals surface area contributed by atoms with Gasteiger partial charge in [0.15, 0.2) is 0 Å². The van der Waals surface area contributed by atoms with E-state index in [1.165, 1.54) is 12.1 Å². The highest BCUT2D eigenvalue weighted by molar-refractivity contribution is 7.15. The average Bonchev–Trinajstić information content (AvgIpc) is 2.84. The molecule has 2 nitrogen and oxygen atoms in total. The fraction of sp³-hybridized carbons (Fsp3) is 0.357. The van der Waals surface area contributed by atoms with E-state index in [9.17, 15) is 4.39 Å². The molecule has 0 aliphatic carbocycles. The summed E-state index contributed by atoms with van der Waals surface area (Å²) >= 11 is 7.43. The number of hydrogen-bond donors (Lipinski definition) is 1. The third-order valence-electron chi connectivity index (χ3n) is 2.76. The van der Waals surface area contributed by atoms with E-state index < -0.39 is 0 Å². The lowest BCUT2D eigenvalue weighted by molar-refractivity contribution is 0.577. The lowest BCUT2D eigenvalue weighted by Crippen LogP contribution is -2.18. The normalized spacial score (nSPS) is 12.6. The summed E-state index contributed by atoms with van der Waals surface area (Å²) in [6, 6.07) is 4.75. The monoisotopic (exact) mass is 298 g/mol. The smallest absolute Gasteiger partial charge is 0.125 e. The summed E-state index contributed by atoms with van der Waals surface area (Å²) in [7, 11) is 0. The topological polar surface area (TPSA) is 24.9 Å². The van der Waals surface area contributed by atoms with Gasteiger partial charge in [0, 0.05) is 27.7 Å². The van der Waals surface area contributed by atoms with E-state index in [4.69, 9.17) is 11.6 Å². The van der Waals surface area contributed by atoms with E-state index in [2.05, 4.69) is 24.1 Å². The summed E-state index contributed by atoms with van der Waals surface area (Å²) < 4.78 is 13.3. The van der Waals surface area contributed by atoms with Crippen molar-refractivity contribution in [2.24, 2.45) is 0 Å². The van der Waals surface area contributed by atoms with Gasteiger partial charge in [0.1, 0.15) is 10.8 Å². The molecular weight excluding hydrogens is 283 g/mol. The molecule has 19 heavy (non-hydrogen) atoms. The predicted octanol–water partition coefficient (Wildman–Crippen LogP) is 4.66. The molecule has 5 heteroatoms. The van der Waals surface area contributed by atoms with Crippen molar-refractivity contribution >= 4 is 22.9 Å². The highest BCUT2D eigenvalue weighted by atomic mass is 35.5. The van der Waals surface area contributed by atoms with Crippen LogP contribution in [-0.2, 0) is 0 Å². The van der Waals surface area contributed by atoms with E-state index in [0.29, 0.717) is 5.02 Å². The van der Waals surface area contributed by atoms with Crippen LogP contribution >= 0.6 is 22.9 Å². The van der Waals surface area contributed by atoms with Crippen molar-refractivity contribution in [3.05, 3.63) is 40.1 Å². The Bertz CT molecular complexity index is 536. The van der Waals surface area contributed by atoms with Gasteiger partial charge in [-0.15, -0.1) is 11.3 Å². The van der Waals surface area contributed by atoms with Gasteiger partial charge in [-0.05, 0) is 38.1 Å². The Balaban J connectivity index is 2.20. The lowest BCUT2D eigenvalue weighted by atomic mass is 10.2. The third-order valence-corrected chi connectivity index (χ3v) is 4.21. The summed E-state index contributed by atoms with van der Waals surface area (Å²) in [6.07, 6.45) is 2.93. The van der Waals surface area contributed by atoms with Crippen molar-refractivity contribution in [2.45, 2.75) is 26.3 Å². The van der Waals surface area contributed by atoms with Crippen LogP contribution in [0.15, 0.2) is 24.4 Å². The molecule has 1 N–H and O–H groups in total. The van der Waals surface area contributed by atoms with Gasteiger partial charge in [0.25, 0.3) is 0 Å². The van der Waals surface area contributed by atoms with Crippen LogP contribution in [0.1, 0.15) is 31.2 Å². The second-order valence-electron chi connectivity index (χ2n) is 4.40. The van der Waals surface area contributed by atoms with Crippen LogP contribution in [0.5, 0.6) is 0 Å². The first-order valence-corrected chi connectivity index (χ1v) is 7.45. The maximum Gasteiger partial charge on any atom is 0.125 e. The zero-order valence-corrected chi connectivity index (χ0v) is 12.5. The van der Waals surface area contributed by atoms with Crippen LogP contribution in [0.2, 0.25) is 5.02 Å². The van der Waals surface area contributed by atoms with Crippen LogP contribution < -0.4 is 5.32 Å². The molecule has 0 fully saturated rings. The first-order chi connectivity index (χ1) is 9.10. The molecule has 0 amide bonds. The number of nitrogens with zero attached hydrogens (tertiary/aromatic N) is 1. The van der Waals surface area contributed by atoms with Gasteiger partial charge in [-0.3, -0.25) is 0 Å². The number of thiazole rings is 1. The molecule has 2 aromatic rings. The van der Waals surface area contributed by atoms with Crippen molar-refractivity contribution < 1.29 is 4.39 Å². The van der Waals surface area contributed by atoms with Crippen LogP contribution in [-0.4, -0.2) is 11.5 Å². The lowest BCUT2D eigenvalue weighted by Gasteiger charge is -2.09. The minimum Gasteiger partial charge on any atom is -0.309 e. The van der Waals surface area contributed by atoms with Gasteiger partial charge in [-0.2, -0.15) is 0 Å². The Hall–Kier alpha value is -0.970. The average molecular weight is 299 g/mol. The van der Waals surface area contributed by atoms with Gasteiger partial charge in [-0.1, -0.05) is 18.5 Å². The highest BCUT2D eigenvalue weighted by Gasteiger charge is 2.11. The molecule has 1 heterocycles. The maximum absolute atomic E-state index is 13.3. The largest absolute Gasteiger partial charge is 0.309 e. The van der Waals surface area contributed by atoms with E-state index in [1.54, 1.807) is 17.4 Å². The molecule has 102 valence electrons. The fourth-order valence-corrected chi connectivity index (χ4v) is 2.91. The van der Waals surface area contributed by atoms with Crippen molar-refractivity contribution in [1.82, 2.24) is 10.3 Å². The van der Waals surface area contributed by atoms with Crippen LogP contribution in [0, 0.1) is 5.82 Å². The molecule has 2 rings (SSSR count). The Labute approximate surface area is 121 Å². The SMILES string of the molecule is CCCNC(C)c1cnc(-c2cc(F)cc(Cl)c2)s1. The number of rotatable bonds is 5. The Morgan fingerprint density at radius 2 is 2.21 bits per heavy atom. The van der Waals surface area contributed by atoms with E-state index in [1.807, 2.05) is 6.20 Å². The first kappa shape index (κ1) is 14.4. The zero-order valence-electron chi connectivity index (χ0n) is 10.9. The molecule has 0 saturated heterocycles. The van der Waals surface area contributed by atoms with Gasteiger partial charge >= 0.3 is 0 Å². The van der Waals surface area contributed by atoms with Crippen LogP contribution in [0.25, 0.3) is 10.6 Å². The second-order valence-corrected chi connectivity index (χ2v) is 5.90. The third kappa shape index (κ3) is 3.75. The minimum atomic E-state index is -0.337. The number of benzene rings is 1. The van der Waals surface area contributed by atoms with Crippen LogP contribution in [0.4, 0.5) is 4.39 Å². The Morgan fingerprint density at radius 1 is 1.42 bits per heavy atom. The van der Waals surface area contributed by atoms with Crippen molar-refractivity contribution in [1.29, 1.82) is 0 Å². The fourth-order valence-electron chi connectivity index (χ4n) is 1.76. The van der Waals surface area contributed by atoms with E-state index >= 15 is 0 Å². The van der Waals surface area contributed by atoms with Gasteiger partial charge < -0.3 is 5.32 Å². The number of hydrogen-bond acceptors (Lipinski definition) is 3. The van der Waals surface area contributed by atoms with E-state index in [-0.39, 0.29) is 11.9 Å². The standard InChI is InChI=1S/C14H16ClFN2S/c1-3-4-17-9(2)13-8-18-14(19-13)10-5-11(15)7-12(16)6-10/h5-9,17H,3-4H2,1-2H3. The van der Waals surface area contributed by atoms with Crippen molar-refractivity contribution in [2.75, 3.05) is 6.54 Å². The summed E-state index contributed by atoms with van der Waals surface area (Å²) in [6.45, 7) is 5.21. The van der Waals surface area contributed by atoms with Crippen LogP contribution in [0.3, 0.4) is 0 Å². The molecule has 0 bridgehead atoms. The number of halogens is 2. The molecule has 1 atom stereocenters. The van der Waals surface area contributed by atoms with E-state index in [0.717, 1.165) is 28.4 Å². The molecule has 0 radical (unpaired) electrons. The Kier molecular flexibility index (Phi) is 4.91. The molecule has 1 aromatic carbocycles. The molecular formula is C14H16ClFN2S. The second kappa shape index (κ2) is 6.46. The summed E-state index contributed by atoms with van der Waals surface area (Å²) in [5.41, 5.74) is 0.726. The molecule has 1 aromatic heterocycles. The minimum absolute atomic E-state index is 0.259. The maximum atomic E-state index is 13.3. The Morgan fingerprint density at radius 3 is 2.89 bits per heavy atom. The van der Waals surface area contributed by atoms with Crippen molar-refractivity contribution in [3.8, 4) is 10.6 Å². The van der Waals surface area contributed by atoms with Crippen molar-refractivity contribution in [3.63, 3.8) is 0 Å². The first-order valence-electron chi connectivity index (χ1n) is 6.25. The molecule has 0 aliphatic heterocycles. The zero-order chi connectivity index (χ0) is 13.8. The number of nitrogens with one attached hydrogen (secondary N) is 1. The summed E-state index contributed by atoms with van der Waals surface area (Å²) in [5.74, 6) is -0.337. The van der Waals surface area contributed by atoms with Gasteiger partial charge in [-0.25, -0.2) is 9.37 Å². The molecule has 0 aliphatic rings. The highest BCUT2D eigenvalue weighted by Crippen LogP contribution is 2.30. The summed E-state index contributed by atoms with van der Waals surface area (Å²) in [5, 5.41) is 4.59. The molecule has 0 spiro atoms. The molecule has 1 unspecified atom stereocenters.